The van der Waals surface area contributed by atoms with Crippen molar-refractivity contribution in [2.24, 2.45) is 5.73 Å². The van der Waals surface area contributed by atoms with Crippen LogP contribution >= 0.6 is 0 Å². The minimum Gasteiger partial charge on any atom is -0.495 e. The van der Waals surface area contributed by atoms with Crippen LogP contribution in [0.3, 0.4) is 0 Å². The number of anilines is 1. The lowest BCUT2D eigenvalue weighted by Gasteiger charge is -2.28. The molecule has 100 valence electrons. The lowest BCUT2D eigenvalue weighted by atomic mass is 9.91. The van der Waals surface area contributed by atoms with Crippen molar-refractivity contribution in [3.05, 3.63) is 23.3 Å². The van der Waals surface area contributed by atoms with Gasteiger partial charge in [0.2, 0.25) is 0 Å². The third-order valence-electron chi connectivity index (χ3n) is 3.95. The molecule has 3 N–H and O–H groups in total. The lowest BCUT2D eigenvalue weighted by Crippen LogP contribution is -2.32. The van der Waals surface area contributed by atoms with Gasteiger partial charge in [-0.05, 0) is 62.8 Å². The number of rotatable bonds is 3. The fraction of sp³-hybridized carbons (Fsp3) is 0.600. The van der Waals surface area contributed by atoms with E-state index in [-0.39, 0.29) is 0 Å². The van der Waals surface area contributed by atoms with Gasteiger partial charge in [0.1, 0.15) is 5.75 Å². The second-order valence-electron chi connectivity index (χ2n) is 5.39. The van der Waals surface area contributed by atoms with Crippen LogP contribution in [-0.2, 0) is 0 Å². The van der Waals surface area contributed by atoms with Gasteiger partial charge >= 0.3 is 0 Å². The van der Waals surface area contributed by atoms with Gasteiger partial charge in [-0.2, -0.15) is 0 Å². The van der Waals surface area contributed by atoms with Crippen LogP contribution in [0.1, 0.15) is 36.8 Å². The first-order chi connectivity index (χ1) is 8.60. The summed E-state index contributed by atoms with van der Waals surface area (Å²) in [5, 5.41) is 3.61. The molecule has 0 heterocycles. The van der Waals surface area contributed by atoms with Crippen molar-refractivity contribution in [2.45, 2.75) is 51.6 Å². The summed E-state index contributed by atoms with van der Waals surface area (Å²) in [7, 11) is 1.73. The third kappa shape index (κ3) is 2.96. The molecule has 1 aliphatic rings. The number of hydrogen-bond acceptors (Lipinski definition) is 3. The second-order valence-corrected chi connectivity index (χ2v) is 5.39. The summed E-state index contributed by atoms with van der Waals surface area (Å²) in [5.41, 5.74) is 9.61. The fourth-order valence-corrected chi connectivity index (χ4v) is 2.55. The number of aryl methyl sites for hydroxylation is 2. The Hall–Kier alpha value is -1.22. The average Bonchev–Trinajstić information content (AvgIpc) is 2.36. The summed E-state index contributed by atoms with van der Waals surface area (Å²) in [6, 6.07) is 5.21. The number of hydrogen-bond donors (Lipinski definition) is 2. The molecule has 0 radical (unpaired) electrons. The highest BCUT2D eigenvalue weighted by Crippen LogP contribution is 2.30. The Labute approximate surface area is 110 Å². The lowest BCUT2D eigenvalue weighted by molar-refractivity contribution is 0.401. The Bertz CT molecular complexity index is 409. The quantitative estimate of drug-likeness (QED) is 0.864. The van der Waals surface area contributed by atoms with Crippen molar-refractivity contribution in [3.63, 3.8) is 0 Å². The fourth-order valence-electron chi connectivity index (χ4n) is 2.55. The van der Waals surface area contributed by atoms with Crippen molar-refractivity contribution in [1.82, 2.24) is 0 Å². The second kappa shape index (κ2) is 5.61. The number of nitrogens with two attached hydrogens (primary N) is 1. The molecule has 0 spiro atoms. The molecule has 0 aromatic heterocycles. The van der Waals surface area contributed by atoms with E-state index in [4.69, 9.17) is 10.5 Å². The first-order valence-electron chi connectivity index (χ1n) is 6.77. The number of benzene rings is 1. The summed E-state index contributed by atoms with van der Waals surface area (Å²) in [5.74, 6) is 0.938. The van der Waals surface area contributed by atoms with Crippen molar-refractivity contribution >= 4 is 5.69 Å². The Balaban J connectivity index is 2.10. The Morgan fingerprint density at radius 1 is 1.11 bits per heavy atom. The Morgan fingerprint density at radius 2 is 1.72 bits per heavy atom. The molecule has 1 aromatic carbocycles. The van der Waals surface area contributed by atoms with Crippen LogP contribution in [0.5, 0.6) is 5.75 Å². The monoisotopic (exact) mass is 248 g/mol. The van der Waals surface area contributed by atoms with E-state index in [1.54, 1.807) is 7.11 Å². The van der Waals surface area contributed by atoms with Crippen LogP contribution in [-0.4, -0.2) is 19.2 Å². The van der Waals surface area contributed by atoms with Crippen LogP contribution in [0, 0.1) is 13.8 Å². The largest absolute Gasteiger partial charge is 0.495 e. The highest BCUT2D eigenvalue weighted by Gasteiger charge is 2.19. The van der Waals surface area contributed by atoms with Gasteiger partial charge in [-0.15, -0.1) is 0 Å². The summed E-state index contributed by atoms with van der Waals surface area (Å²) < 4.78 is 5.46. The molecule has 0 bridgehead atoms. The normalized spacial score (nSPS) is 23.8. The predicted octanol–water partition coefficient (Wildman–Crippen LogP) is 2.99. The van der Waals surface area contributed by atoms with E-state index in [0.29, 0.717) is 12.1 Å². The van der Waals surface area contributed by atoms with Crippen LogP contribution in [0.4, 0.5) is 5.69 Å². The summed E-state index contributed by atoms with van der Waals surface area (Å²) in [6.45, 7) is 4.25. The van der Waals surface area contributed by atoms with Crippen molar-refractivity contribution in [2.75, 3.05) is 12.4 Å². The highest BCUT2D eigenvalue weighted by molar-refractivity contribution is 5.60. The summed E-state index contributed by atoms with van der Waals surface area (Å²) in [4.78, 5) is 0. The molecule has 1 aromatic rings. The molecule has 1 saturated carbocycles. The van der Waals surface area contributed by atoms with Gasteiger partial charge in [-0.25, -0.2) is 0 Å². The van der Waals surface area contributed by atoms with E-state index in [1.807, 2.05) is 0 Å². The molecule has 0 unspecified atom stereocenters. The molecule has 2 rings (SSSR count). The van der Waals surface area contributed by atoms with Gasteiger partial charge in [0.05, 0.1) is 12.8 Å². The van der Waals surface area contributed by atoms with Crippen LogP contribution < -0.4 is 15.8 Å². The van der Waals surface area contributed by atoms with Gasteiger partial charge in [0.15, 0.2) is 0 Å². The van der Waals surface area contributed by atoms with Crippen LogP contribution in [0.25, 0.3) is 0 Å². The highest BCUT2D eigenvalue weighted by atomic mass is 16.5. The maximum absolute atomic E-state index is 5.94. The van der Waals surface area contributed by atoms with Gasteiger partial charge in [0, 0.05) is 12.1 Å². The summed E-state index contributed by atoms with van der Waals surface area (Å²) >= 11 is 0. The van der Waals surface area contributed by atoms with Gasteiger partial charge < -0.3 is 15.8 Å². The zero-order chi connectivity index (χ0) is 13.1. The van der Waals surface area contributed by atoms with Crippen molar-refractivity contribution < 1.29 is 4.74 Å². The van der Waals surface area contributed by atoms with E-state index in [2.05, 4.69) is 31.3 Å². The van der Waals surface area contributed by atoms with Crippen molar-refractivity contribution in [3.8, 4) is 5.75 Å². The van der Waals surface area contributed by atoms with Gasteiger partial charge in [-0.3, -0.25) is 0 Å². The first kappa shape index (κ1) is 13.2. The molecular formula is C15H24N2O. The molecule has 0 aliphatic heterocycles. The first-order valence-corrected chi connectivity index (χ1v) is 6.77. The zero-order valence-electron chi connectivity index (χ0n) is 11.6. The minimum atomic E-state index is 0.393. The maximum atomic E-state index is 5.94. The predicted molar refractivity (Wildman–Crippen MR) is 76.3 cm³/mol. The van der Waals surface area contributed by atoms with E-state index in [1.165, 1.54) is 11.1 Å². The molecule has 0 saturated heterocycles. The van der Waals surface area contributed by atoms with Crippen molar-refractivity contribution in [1.29, 1.82) is 0 Å². The molecule has 1 fully saturated rings. The molecule has 18 heavy (non-hydrogen) atoms. The zero-order valence-corrected chi connectivity index (χ0v) is 11.6. The SMILES string of the molecule is COc1cc(C)c(C)cc1NC1CCC(N)CC1. The van der Waals surface area contributed by atoms with Gasteiger partial charge in [-0.1, -0.05) is 0 Å². The molecular weight excluding hydrogens is 224 g/mol. The number of methoxy groups -OCH3 is 1. The number of nitrogens with one attached hydrogen (secondary N) is 1. The molecule has 3 nitrogen and oxygen atoms in total. The molecule has 0 atom stereocenters. The van der Waals surface area contributed by atoms with Gasteiger partial charge in [0.25, 0.3) is 0 Å². The van der Waals surface area contributed by atoms with E-state index < -0.39 is 0 Å². The summed E-state index contributed by atoms with van der Waals surface area (Å²) in [6.07, 6.45) is 4.53. The minimum absolute atomic E-state index is 0.393. The van der Waals surface area contributed by atoms with Crippen LogP contribution in [0.2, 0.25) is 0 Å². The maximum Gasteiger partial charge on any atom is 0.142 e. The van der Waals surface area contributed by atoms with Crippen LogP contribution in [0.15, 0.2) is 12.1 Å². The molecule has 3 heteroatoms. The number of ether oxygens (including phenoxy) is 1. The Morgan fingerprint density at radius 3 is 2.33 bits per heavy atom. The smallest absolute Gasteiger partial charge is 0.142 e. The topological polar surface area (TPSA) is 47.3 Å². The molecule has 0 amide bonds. The average molecular weight is 248 g/mol. The third-order valence-corrected chi connectivity index (χ3v) is 3.95. The standard InChI is InChI=1S/C15H24N2O/c1-10-8-14(15(18-3)9-11(10)2)17-13-6-4-12(16)5-7-13/h8-9,12-13,17H,4-7,16H2,1-3H3. The molecule has 1 aliphatic carbocycles. The van der Waals surface area contributed by atoms with E-state index in [0.717, 1.165) is 37.1 Å². The Kier molecular flexibility index (Phi) is 4.12. The van der Waals surface area contributed by atoms with E-state index >= 15 is 0 Å². The van der Waals surface area contributed by atoms with E-state index in [9.17, 15) is 0 Å².